The molecule has 0 aliphatic carbocycles. The van der Waals surface area contributed by atoms with E-state index in [-0.39, 0.29) is 0 Å². The summed E-state index contributed by atoms with van der Waals surface area (Å²) >= 11 is 0. The number of nitrogens with zero attached hydrogens (tertiary/aromatic N) is 1. The molecule has 1 rings (SSSR count). The van der Waals surface area contributed by atoms with E-state index in [2.05, 4.69) is 23.3 Å². The maximum atomic E-state index is 5.07. The Labute approximate surface area is 91.9 Å². The average Bonchev–Trinajstić information content (AvgIpc) is 2.26. The van der Waals surface area contributed by atoms with Gasteiger partial charge in [-0.3, -0.25) is 4.98 Å². The van der Waals surface area contributed by atoms with Crippen LogP contribution in [-0.2, 0) is 11.2 Å². The van der Waals surface area contributed by atoms with Crippen molar-refractivity contribution in [2.24, 2.45) is 5.92 Å². The lowest BCUT2D eigenvalue weighted by Gasteiger charge is -2.10. The first-order chi connectivity index (χ1) is 7.33. The minimum Gasteiger partial charge on any atom is -0.384 e. The Morgan fingerprint density at radius 1 is 1.47 bits per heavy atom. The summed E-state index contributed by atoms with van der Waals surface area (Å²) in [6.45, 7) is 4.97. The van der Waals surface area contributed by atoms with E-state index in [1.807, 2.05) is 18.3 Å². The summed E-state index contributed by atoms with van der Waals surface area (Å²) in [5.74, 6) is 0.568. The van der Waals surface area contributed by atoms with Crippen molar-refractivity contribution in [1.29, 1.82) is 0 Å². The monoisotopic (exact) mass is 208 g/mol. The molecule has 3 heteroatoms. The van der Waals surface area contributed by atoms with Crippen molar-refractivity contribution in [1.82, 2.24) is 10.3 Å². The number of hydrogen-bond donors (Lipinski definition) is 1. The minimum absolute atomic E-state index is 0.568. The normalized spacial score (nSPS) is 12.7. The Balaban J connectivity index is 2.07. The molecule has 0 saturated carbocycles. The fourth-order valence-corrected chi connectivity index (χ4v) is 1.45. The third-order valence-corrected chi connectivity index (χ3v) is 2.23. The van der Waals surface area contributed by atoms with Gasteiger partial charge in [0.2, 0.25) is 0 Å². The zero-order chi connectivity index (χ0) is 10.9. The smallest absolute Gasteiger partial charge is 0.0499 e. The highest BCUT2D eigenvalue weighted by molar-refractivity contribution is 5.03. The van der Waals surface area contributed by atoms with Crippen LogP contribution >= 0.6 is 0 Å². The standard InChI is InChI=1S/C12H20N2O/c1-11(10-15-2)9-13-8-6-12-5-3-4-7-14-12/h3-5,7,11,13H,6,8-10H2,1-2H3. The molecule has 1 aromatic rings. The van der Waals surface area contributed by atoms with Crippen LogP contribution < -0.4 is 5.32 Å². The molecule has 0 fully saturated rings. The quantitative estimate of drug-likeness (QED) is 0.689. The SMILES string of the molecule is COCC(C)CNCCc1ccccn1. The van der Waals surface area contributed by atoms with Crippen LogP contribution in [0.25, 0.3) is 0 Å². The Kier molecular flexibility index (Phi) is 5.97. The van der Waals surface area contributed by atoms with Gasteiger partial charge in [0.05, 0.1) is 0 Å². The molecule has 0 aromatic carbocycles. The van der Waals surface area contributed by atoms with Crippen LogP contribution in [0.4, 0.5) is 0 Å². The molecule has 0 radical (unpaired) electrons. The number of rotatable bonds is 7. The van der Waals surface area contributed by atoms with E-state index in [0.717, 1.165) is 31.8 Å². The minimum atomic E-state index is 0.568. The Bertz CT molecular complexity index is 251. The number of aromatic nitrogens is 1. The largest absolute Gasteiger partial charge is 0.384 e. The molecule has 0 aliphatic rings. The molecule has 0 bridgehead atoms. The second-order valence-corrected chi connectivity index (χ2v) is 3.84. The second kappa shape index (κ2) is 7.37. The zero-order valence-electron chi connectivity index (χ0n) is 9.57. The molecule has 0 spiro atoms. The van der Waals surface area contributed by atoms with Gasteiger partial charge in [-0.2, -0.15) is 0 Å². The van der Waals surface area contributed by atoms with Crippen molar-refractivity contribution < 1.29 is 4.74 Å². The van der Waals surface area contributed by atoms with Gasteiger partial charge in [0.15, 0.2) is 0 Å². The van der Waals surface area contributed by atoms with Crippen molar-refractivity contribution >= 4 is 0 Å². The summed E-state index contributed by atoms with van der Waals surface area (Å²) in [5.41, 5.74) is 1.14. The van der Waals surface area contributed by atoms with Gasteiger partial charge in [-0.05, 0) is 24.6 Å². The Morgan fingerprint density at radius 3 is 3.00 bits per heavy atom. The van der Waals surface area contributed by atoms with Crippen molar-refractivity contribution in [3.8, 4) is 0 Å². The third-order valence-electron chi connectivity index (χ3n) is 2.23. The molecule has 15 heavy (non-hydrogen) atoms. The maximum Gasteiger partial charge on any atom is 0.0499 e. The molecule has 84 valence electrons. The summed E-state index contributed by atoms with van der Waals surface area (Å²) < 4.78 is 5.07. The molecule has 1 unspecified atom stereocenters. The fourth-order valence-electron chi connectivity index (χ4n) is 1.45. The summed E-state index contributed by atoms with van der Waals surface area (Å²) in [6.07, 6.45) is 2.82. The maximum absolute atomic E-state index is 5.07. The van der Waals surface area contributed by atoms with Crippen LogP contribution in [0.2, 0.25) is 0 Å². The summed E-state index contributed by atoms with van der Waals surface area (Å²) in [5, 5.41) is 3.40. The van der Waals surface area contributed by atoms with Crippen LogP contribution in [-0.4, -0.2) is 31.8 Å². The fraction of sp³-hybridized carbons (Fsp3) is 0.583. The molecule has 1 N–H and O–H groups in total. The van der Waals surface area contributed by atoms with Gasteiger partial charge >= 0.3 is 0 Å². The number of nitrogens with one attached hydrogen (secondary N) is 1. The molecule has 0 amide bonds. The Morgan fingerprint density at radius 2 is 2.33 bits per heavy atom. The summed E-state index contributed by atoms with van der Waals surface area (Å²) in [6, 6.07) is 6.02. The average molecular weight is 208 g/mol. The summed E-state index contributed by atoms with van der Waals surface area (Å²) in [4.78, 5) is 4.27. The zero-order valence-corrected chi connectivity index (χ0v) is 9.57. The van der Waals surface area contributed by atoms with Gasteiger partial charge < -0.3 is 10.1 Å². The first kappa shape index (κ1) is 12.1. The van der Waals surface area contributed by atoms with Crippen molar-refractivity contribution in [2.45, 2.75) is 13.3 Å². The summed E-state index contributed by atoms with van der Waals surface area (Å²) in [7, 11) is 1.74. The number of hydrogen-bond acceptors (Lipinski definition) is 3. The molecule has 1 aromatic heterocycles. The van der Waals surface area contributed by atoms with E-state index in [1.54, 1.807) is 7.11 Å². The van der Waals surface area contributed by atoms with Crippen LogP contribution in [0.1, 0.15) is 12.6 Å². The molecule has 1 atom stereocenters. The Hall–Kier alpha value is -0.930. The highest BCUT2D eigenvalue weighted by atomic mass is 16.5. The van der Waals surface area contributed by atoms with Crippen LogP contribution in [0.3, 0.4) is 0 Å². The van der Waals surface area contributed by atoms with Crippen LogP contribution in [0.15, 0.2) is 24.4 Å². The predicted molar refractivity (Wildman–Crippen MR) is 61.9 cm³/mol. The van der Waals surface area contributed by atoms with Gasteiger partial charge in [-0.1, -0.05) is 13.0 Å². The lowest BCUT2D eigenvalue weighted by molar-refractivity contribution is 0.158. The van der Waals surface area contributed by atoms with Gasteiger partial charge in [0, 0.05) is 38.6 Å². The van der Waals surface area contributed by atoms with E-state index in [1.165, 1.54) is 0 Å². The molecule has 1 heterocycles. The molecule has 3 nitrogen and oxygen atoms in total. The highest BCUT2D eigenvalue weighted by Crippen LogP contribution is 1.95. The van der Waals surface area contributed by atoms with E-state index in [0.29, 0.717) is 5.92 Å². The van der Waals surface area contributed by atoms with Crippen LogP contribution in [0, 0.1) is 5.92 Å². The predicted octanol–water partition coefficient (Wildman–Crippen LogP) is 1.50. The highest BCUT2D eigenvalue weighted by Gasteiger charge is 2.00. The number of methoxy groups -OCH3 is 1. The van der Waals surface area contributed by atoms with Crippen molar-refractivity contribution in [3.63, 3.8) is 0 Å². The van der Waals surface area contributed by atoms with Crippen molar-refractivity contribution in [2.75, 3.05) is 26.8 Å². The van der Waals surface area contributed by atoms with E-state index in [9.17, 15) is 0 Å². The molecular weight excluding hydrogens is 188 g/mol. The third kappa shape index (κ3) is 5.50. The molecule has 0 saturated heterocycles. The number of pyridine rings is 1. The molecule has 0 aliphatic heterocycles. The van der Waals surface area contributed by atoms with E-state index in [4.69, 9.17) is 4.74 Å². The first-order valence-corrected chi connectivity index (χ1v) is 5.42. The van der Waals surface area contributed by atoms with Gasteiger partial charge in [0.1, 0.15) is 0 Å². The van der Waals surface area contributed by atoms with E-state index >= 15 is 0 Å². The second-order valence-electron chi connectivity index (χ2n) is 3.84. The number of ether oxygens (including phenoxy) is 1. The van der Waals surface area contributed by atoms with Gasteiger partial charge in [-0.15, -0.1) is 0 Å². The van der Waals surface area contributed by atoms with Gasteiger partial charge in [0.25, 0.3) is 0 Å². The van der Waals surface area contributed by atoms with E-state index < -0.39 is 0 Å². The first-order valence-electron chi connectivity index (χ1n) is 5.42. The topological polar surface area (TPSA) is 34.1 Å². The van der Waals surface area contributed by atoms with Gasteiger partial charge in [-0.25, -0.2) is 0 Å². The lowest BCUT2D eigenvalue weighted by Crippen LogP contribution is -2.25. The van der Waals surface area contributed by atoms with Crippen LogP contribution in [0.5, 0.6) is 0 Å². The molecular formula is C12H20N2O. The lowest BCUT2D eigenvalue weighted by atomic mass is 10.2. The van der Waals surface area contributed by atoms with Crippen molar-refractivity contribution in [3.05, 3.63) is 30.1 Å².